The van der Waals surface area contributed by atoms with Crippen LogP contribution in [0.3, 0.4) is 0 Å². The second-order valence-electron chi connectivity index (χ2n) is 3.59. The van der Waals surface area contributed by atoms with Gasteiger partial charge in [0, 0.05) is 6.04 Å². The monoisotopic (exact) mass is 219 g/mol. The highest BCUT2D eigenvalue weighted by Gasteiger charge is 2.08. The lowest BCUT2D eigenvalue weighted by Gasteiger charge is -2.10. The van der Waals surface area contributed by atoms with E-state index < -0.39 is 0 Å². The Morgan fingerprint density at radius 1 is 1.50 bits per heavy atom. The Hall–Kier alpha value is -1.61. The minimum atomic E-state index is -0.328. The second-order valence-corrected chi connectivity index (χ2v) is 3.59. The molecule has 1 aromatic carbocycles. The van der Waals surface area contributed by atoms with Crippen LogP contribution in [0.4, 0.5) is 0 Å². The maximum atomic E-state index is 11.2. The van der Waals surface area contributed by atoms with E-state index in [0.29, 0.717) is 5.56 Å². The molecule has 0 aliphatic carbocycles. The van der Waals surface area contributed by atoms with Crippen molar-refractivity contribution in [1.82, 2.24) is 0 Å². The van der Waals surface area contributed by atoms with Crippen molar-refractivity contribution in [2.45, 2.75) is 18.9 Å². The summed E-state index contributed by atoms with van der Waals surface area (Å²) in [6, 6.07) is 7.17. The summed E-state index contributed by atoms with van der Waals surface area (Å²) < 4.78 is 4.62. The maximum absolute atomic E-state index is 11.2. The number of hydrogen-bond donors (Lipinski definition) is 1. The van der Waals surface area contributed by atoms with E-state index in [1.807, 2.05) is 18.2 Å². The highest BCUT2D eigenvalue weighted by molar-refractivity contribution is 5.89. The van der Waals surface area contributed by atoms with Gasteiger partial charge in [-0.1, -0.05) is 18.2 Å². The molecule has 3 heteroatoms. The summed E-state index contributed by atoms with van der Waals surface area (Å²) in [5, 5.41) is 0. The first-order valence-corrected chi connectivity index (χ1v) is 5.23. The first kappa shape index (κ1) is 12.5. The van der Waals surface area contributed by atoms with Crippen LogP contribution in [0.25, 0.3) is 0 Å². The smallest absolute Gasteiger partial charge is 0.337 e. The molecule has 0 saturated heterocycles. The third kappa shape index (κ3) is 3.21. The van der Waals surface area contributed by atoms with Crippen LogP contribution >= 0.6 is 0 Å². The predicted molar refractivity (Wildman–Crippen MR) is 64.1 cm³/mol. The number of allylic oxidation sites excluding steroid dienone is 1. The number of methoxy groups -OCH3 is 1. The molecule has 16 heavy (non-hydrogen) atoms. The van der Waals surface area contributed by atoms with Gasteiger partial charge in [-0.2, -0.15) is 0 Å². The Bertz CT molecular complexity index is 357. The fourth-order valence-corrected chi connectivity index (χ4v) is 1.45. The van der Waals surface area contributed by atoms with E-state index in [1.165, 1.54) is 7.11 Å². The molecule has 0 aliphatic rings. The van der Waals surface area contributed by atoms with Gasteiger partial charge in [0.15, 0.2) is 0 Å². The van der Waals surface area contributed by atoms with Crippen molar-refractivity contribution in [2.75, 3.05) is 7.11 Å². The standard InChI is InChI=1S/C13H17NO2/c1-3-4-5-12(14)10-6-8-11(9-7-10)13(15)16-2/h3,6-9,12H,1,4-5,14H2,2H3/t12-/m1/s1. The number of rotatable bonds is 5. The van der Waals surface area contributed by atoms with Gasteiger partial charge in [-0.05, 0) is 30.5 Å². The average molecular weight is 219 g/mol. The summed E-state index contributed by atoms with van der Waals surface area (Å²) >= 11 is 0. The minimum Gasteiger partial charge on any atom is -0.465 e. The van der Waals surface area contributed by atoms with Gasteiger partial charge in [-0.3, -0.25) is 0 Å². The number of carbonyl (C=O) groups excluding carboxylic acids is 1. The largest absolute Gasteiger partial charge is 0.465 e. The molecule has 2 N–H and O–H groups in total. The molecule has 1 atom stereocenters. The Labute approximate surface area is 95.9 Å². The van der Waals surface area contributed by atoms with Gasteiger partial charge in [0.25, 0.3) is 0 Å². The van der Waals surface area contributed by atoms with Crippen LogP contribution in [0.15, 0.2) is 36.9 Å². The van der Waals surface area contributed by atoms with Crippen molar-refractivity contribution >= 4 is 5.97 Å². The van der Waals surface area contributed by atoms with Gasteiger partial charge < -0.3 is 10.5 Å². The number of esters is 1. The topological polar surface area (TPSA) is 52.3 Å². The van der Waals surface area contributed by atoms with Gasteiger partial charge >= 0.3 is 5.97 Å². The molecule has 0 spiro atoms. The molecule has 0 bridgehead atoms. The van der Waals surface area contributed by atoms with Crippen molar-refractivity contribution < 1.29 is 9.53 Å². The minimum absolute atomic E-state index is 0.00954. The molecular weight excluding hydrogens is 202 g/mol. The van der Waals surface area contributed by atoms with Crippen molar-refractivity contribution in [2.24, 2.45) is 5.73 Å². The fourth-order valence-electron chi connectivity index (χ4n) is 1.45. The zero-order valence-electron chi connectivity index (χ0n) is 9.48. The molecule has 0 heterocycles. The first-order valence-electron chi connectivity index (χ1n) is 5.23. The van der Waals surface area contributed by atoms with Crippen molar-refractivity contribution in [1.29, 1.82) is 0 Å². The van der Waals surface area contributed by atoms with Crippen molar-refractivity contribution in [3.63, 3.8) is 0 Å². The SMILES string of the molecule is C=CCC[C@@H](N)c1ccc(C(=O)OC)cc1. The lowest BCUT2D eigenvalue weighted by Crippen LogP contribution is -2.10. The molecular formula is C13H17NO2. The van der Waals surface area contributed by atoms with E-state index in [9.17, 15) is 4.79 Å². The van der Waals surface area contributed by atoms with Crippen LogP contribution in [-0.4, -0.2) is 13.1 Å². The number of ether oxygens (including phenoxy) is 1. The summed E-state index contributed by atoms with van der Waals surface area (Å²) in [4.78, 5) is 11.2. The van der Waals surface area contributed by atoms with Crippen LogP contribution in [-0.2, 0) is 4.74 Å². The van der Waals surface area contributed by atoms with E-state index in [4.69, 9.17) is 5.73 Å². The summed E-state index contributed by atoms with van der Waals surface area (Å²) in [6.45, 7) is 3.66. The Morgan fingerprint density at radius 2 is 2.12 bits per heavy atom. The lowest BCUT2D eigenvalue weighted by molar-refractivity contribution is 0.0600. The number of benzene rings is 1. The summed E-state index contributed by atoms with van der Waals surface area (Å²) in [6.07, 6.45) is 3.60. The van der Waals surface area contributed by atoms with Crippen LogP contribution in [0.2, 0.25) is 0 Å². The molecule has 0 aliphatic heterocycles. The third-order valence-electron chi connectivity index (χ3n) is 2.44. The first-order chi connectivity index (χ1) is 7.69. The highest BCUT2D eigenvalue weighted by Crippen LogP contribution is 2.16. The van der Waals surface area contributed by atoms with Gasteiger partial charge in [0.2, 0.25) is 0 Å². The molecule has 0 unspecified atom stereocenters. The lowest BCUT2D eigenvalue weighted by atomic mass is 10.0. The van der Waals surface area contributed by atoms with Crippen LogP contribution in [0.1, 0.15) is 34.8 Å². The molecule has 0 amide bonds. The fraction of sp³-hybridized carbons (Fsp3) is 0.308. The van der Waals surface area contributed by atoms with Crippen LogP contribution in [0, 0.1) is 0 Å². The van der Waals surface area contributed by atoms with E-state index in [1.54, 1.807) is 12.1 Å². The van der Waals surface area contributed by atoms with Gasteiger partial charge in [-0.15, -0.1) is 6.58 Å². The Morgan fingerprint density at radius 3 is 2.62 bits per heavy atom. The van der Waals surface area contributed by atoms with Crippen molar-refractivity contribution in [3.8, 4) is 0 Å². The van der Waals surface area contributed by atoms with Gasteiger partial charge in [0.05, 0.1) is 12.7 Å². The number of nitrogens with two attached hydrogens (primary N) is 1. The Balaban J connectivity index is 2.70. The quantitative estimate of drug-likeness (QED) is 0.611. The maximum Gasteiger partial charge on any atom is 0.337 e. The highest BCUT2D eigenvalue weighted by atomic mass is 16.5. The van der Waals surface area contributed by atoms with Crippen molar-refractivity contribution in [3.05, 3.63) is 48.0 Å². The normalized spacial score (nSPS) is 11.9. The van der Waals surface area contributed by atoms with E-state index >= 15 is 0 Å². The molecule has 3 nitrogen and oxygen atoms in total. The molecule has 0 saturated carbocycles. The van der Waals surface area contributed by atoms with E-state index in [0.717, 1.165) is 18.4 Å². The summed E-state index contributed by atoms with van der Waals surface area (Å²) in [5.41, 5.74) is 7.54. The zero-order valence-corrected chi connectivity index (χ0v) is 9.48. The summed E-state index contributed by atoms with van der Waals surface area (Å²) in [5.74, 6) is -0.328. The molecule has 0 radical (unpaired) electrons. The molecule has 0 aromatic heterocycles. The average Bonchev–Trinajstić information content (AvgIpc) is 2.35. The second kappa shape index (κ2) is 6.08. The summed E-state index contributed by atoms with van der Waals surface area (Å²) in [7, 11) is 1.37. The predicted octanol–water partition coefficient (Wildman–Crippen LogP) is 2.44. The molecule has 1 aromatic rings. The van der Waals surface area contributed by atoms with E-state index in [-0.39, 0.29) is 12.0 Å². The number of carbonyl (C=O) groups is 1. The van der Waals surface area contributed by atoms with Crippen LogP contribution < -0.4 is 5.73 Å². The van der Waals surface area contributed by atoms with Gasteiger partial charge in [0.1, 0.15) is 0 Å². The number of hydrogen-bond acceptors (Lipinski definition) is 3. The van der Waals surface area contributed by atoms with E-state index in [2.05, 4.69) is 11.3 Å². The van der Waals surface area contributed by atoms with Crippen LogP contribution in [0.5, 0.6) is 0 Å². The molecule has 86 valence electrons. The Kier molecular flexibility index (Phi) is 4.73. The van der Waals surface area contributed by atoms with Gasteiger partial charge in [-0.25, -0.2) is 4.79 Å². The third-order valence-corrected chi connectivity index (χ3v) is 2.44. The zero-order chi connectivity index (χ0) is 12.0. The molecule has 1 rings (SSSR count). The molecule has 0 fully saturated rings.